The van der Waals surface area contributed by atoms with E-state index in [-0.39, 0.29) is 29.8 Å². The summed E-state index contributed by atoms with van der Waals surface area (Å²) in [6, 6.07) is 17.2. The van der Waals surface area contributed by atoms with Crippen LogP contribution in [0.2, 0.25) is 0 Å². The van der Waals surface area contributed by atoms with Gasteiger partial charge in [-0.1, -0.05) is 62.4 Å². The number of aromatic amines is 2. The number of hydrogen-bond acceptors (Lipinski definition) is 10. The largest absolute Gasteiger partial charge is 0.342 e. The van der Waals surface area contributed by atoms with Gasteiger partial charge < -0.3 is 30.0 Å². The molecule has 14 heteroatoms. The van der Waals surface area contributed by atoms with Gasteiger partial charge in [-0.2, -0.15) is 4.89 Å². The first-order valence-corrected chi connectivity index (χ1v) is 18.5. The van der Waals surface area contributed by atoms with Crippen molar-refractivity contribution >= 4 is 24.2 Å². The van der Waals surface area contributed by atoms with Crippen molar-refractivity contribution in [1.82, 2.24) is 39.7 Å². The predicted octanol–water partition coefficient (Wildman–Crippen LogP) is 6.38. The van der Waals surface area contributed by atoms with E-state index in [1.165, 1.54) is 7.11 Å². The number of H-pyrrole nitrogens is 2. The van der Waals surface area contributed by atoms with Gasteiger partial charge in [0.2, 0.25) is 24.2 Å². The number of nitrogens with zero attached hydrogens (tertiary/aromatic N) is 7. The number of anilines is 1. The summed E-state index contributed by atoms with van der Waals surface area (Å²) in [4.78, 5) is 68.9. The average Bonchev–Trinajstić information content (AvgIpc) is 4.04. The number of nitrogens with one attached hydrogen (secondary N) is 3. The molecule has 2 aromatic carbocycles. The molecule has 3 N–H and O–H groups in total. The fourth-order valence-electron chi connectivity index (χ4n) is 7.29. The van der Waals surface area contributed by atoms with Gasteiger partial charge in [0.05, 0.1) is 43.0 Å². The number of rotatable bonds is 13. The lowest BCUT2D eigenvalue weighted by Crippen LogP contribution is -2.45. The van der Waals surface area contributed by atoms with Crippen LogP contribution in [-0.2, 0) is 19.4 Å². The third-order valence-corrected chi connectivity index (χ3v) is 10.2. The number of amides is 2. The highest BCUT2D eigenvalue weighted by atomic mass is 17.2. The van der Waals surface area contributed by atoms with Gasteiger partial charge in [0, 0.05) is 25.5 Å². The van der Waals surface area contributed by atoms with Gasteiger partial charge in [0.15, 0.2) is 0 Å². The van der Waals surface area contributed by atoms with Gasteiger partial charge in [0.1, 0.15) is 23.7 Å². The molecule has 3 aromatic heterocycles. The molecule has 2 aliphatic heterocycles. The van der Waals surface area contributed by atoms with Crippen LogP contribution in [0.25, 0.3) is 33.6 Å². The monoisotopic (exact) mass is 730 g/mol. The van der Waals surface area contributed by atoms with Gasteiger partial charge >= 0.3 is 0 Å². The SMILES string of the molecule is COOC=N[C@@H](C)C(=O)N1CCCC1c1ncc(-c2ccc(-c3ccc(-c4cnc([C@@H]5CCCN5C(=O)[C@@H](Nc5ncccn5)C(C)C)[nH]4)cc3)cc2)[nH]1. The van der Waals surface area contributed by atoms with Crippen molar-refractivity contribution in [3.63, 3.8) is 0 Å². The zero-order valence-corrected chi connectivity index (χ0v) is 31.0. The quantitative estimate of drug-likeness (QED) is 0.0539. The van der Waals surface area contributed by atoms with Crippen LogP contribution in [0.4, 0.5) is 5.95 Å². The summed E-state index contributed by atoms with van der Waals surface area (Å²) >= 11 is 0. The maximum atomic E-state index is 13.8. The van der Waals surface area contributed by atoms with E-state index in [1.54, 1.807) is 25.4 Å². The minimum absolute atomic E-state index is 0.0276. The molecule has 7 rings (SSSR count). The van der Waals surface area contributed by atoms with Gasteiger partial charge in [-0.05, 0) is 66.8 Å². The maximum absolute atomic E-state index is 13.8. The number of likely N-dealkylation sites (tertiary alicyclic amines) is 2. The number of carbonyl (C=O) groups is 2. The van der Waals surface area contributed by atoms with Gasteiger partial charge in [-0.3, -0.25) is 9.59 Å². The average molecular weight is 731 g/mol. The Morgan fingerprint density at radius 2 is 1.28 bits per heavy atom. The molecule has 4 atom stereocenters. The number of benzene rings is 2. The van der Waals surface area contributed by atoms with Crippen molar-refractivity contribution in [3.8, 4) is 33.6 Å². The van der Waals surface area contributed by atoms with Crippen LogP contribution < -0.4 is 5.32 Å². The Balaban J connectivity index is 0.991. The Bertz CT molecular complexity index is 2040. The molecule has 2 amide bonds. The number of imidazole rings is 2. The topological polar surface area (TPSA) is 167 Å². The Kier molecular flexibility index (Phi) is 11.1. The van der Waals surface area contributed by atoms with Crippen molar-refractivity contribution in [2.75, 3.05) is 25.5 Å². The van der Waals surface area contributed by atoms with Gasteiger partial charge in [-0.25, -0.2) is 24.9 Å². The lowest BCUT2D eigenvalue weighted by atomic mass is 10.0. The van der Waals surface area contributed by atoms with Gasteiger partial charge in [0.25, 0.3) is 0 Å². The second kappa shape index (κ2) is 16.4. The molecule has 1 unspecified atom stereocenters. The Morgan fingerprint density at radius 1 is 0.778 bits per heavy atom. The molecule has 2 aliphatic rings. The molecule has 0 radical (unpaired) electrons. The predicted molar refractivity (Wildman–Crippen MR) is 205 cm³/mol. The maximum Gasteiger partial charge on any atom is 0.247 e. The number of aromatic nitrogens is 6. The third-order valence-electron chi connectivity index (χ3n) is 10.2. The molecule has 5 heterocycles. The standard InChI is InChI=1S/C40H46N10O4/c1-25(2)35(48-40-41-18-7-19-42-40)39(52)50-21-6-9-34(50)37-44-23-32(47-37)30-16-12-28(13-17-30)27-10-14-29(15-11-27)31-22-43-36(46-31)33-8-5-20-49(33)38(51)26(3)45-24-54-53-4/h7,10-19,22-26,33-35H,5-6,8-9,20-21H2,1-4H3,(H,43,46)(H,44,47)(H,41,42,48)/t26-,33?,34-,35-/m0/s1. The molecule has 280 valence electrons. The molecule has 2 saturated heterocycles. The third kappa shape index (κ3) is 7.88. The summed E-state index contributed by atoms with van der Waals surface area (Å²) in [5, 5.41) is 3.24. The smallest absolute Gasteiger partial charge is 0.247 e. The van der Waals surface area contributed by atoms with E-state index in [9.17, 15) is 9.59 Å². The summed E-state index contributed by atoms with van der Waals surface area (Å²) in [7, 11) is 1.38. The van der Waals surface area contributed by atoms with Crippen molar-refractivity contribution < 1.29 is 19.4 Å². The molecule has 0 bridgehead atoms. The van der Waals surface area contributed by atoms with E-state index in [2.05, 4.69) is 88.6 Å². The normalized spacial score (nSPS) is 18.4. The van der Waals surface area contributed by atoms with E-state index >= 15 is 0 Å². The van der Waals surface area contributed by atoms with E-state index in [4.69, 9.17) is 9.87 Å². The van der Waals surface area contributed by atoms with Gasteiger partial charge in [-0.15, -0.1) is 0 Å². The highest BCUT2D eigenvalue weighted by Gasteiger charge is 2.37. The summed E-state index contributed by atoms with van der Waals surface area (Å²) in [6.07, 6.45) is 11.6. The van der Waals surface area contributed by atoms with Crippen molar-refractivity contribution in [3.05, 3.63) is 91.0 Å². The van der Waals surface area contributed by atoms with E-state index in [1.807, 2.05) is 36.0 Å². The van der Waals surface area contributed by atoms with Crippen LogP contribution >= 0.6 is 0 Å². The first-order chi connectivity index (χ1) is 26.3. The van der Waals surface area contributed by atoms with Crippen LogP contribution in [0.15, 0.2) is 84.4 Å². The van der Waals surface area contributed by atoms with Crippen molar-refractivity contribution in [2.45, 2.75) is 70.6 Å². The highest BCUT2D eigenvalue weighted by molar-refractivity contribution is 5.85. The Morgan fingerprint density at radius 3 is 1.78 bits per heavy atom. The number of hydrogen-bond donors (Lipinski definition) is 3. The lowest BCUT2D eigenvalue weighted by Gasteiger charge is -2.30. The van der Waals surface area contributed by atoms with Crippen LogP contribution in [-0.4, -0.2) is 90.2 Å². The highest BCUT2D eigenvalue weighted by Crippen LogP contribution is 2.35. The molecule has 14 nitrogen and oxygen atoms in total. The number of carbonyl (C=O) groups excluding carboxylic acids is 2. The van der Waals surface area contributed by atoms with E-state index in [0.717, 1.165) is 77.4 Å². The molecule has 0 aliphatic carbocycles. The molecular formula is C40H46N10O4. The summed E-state index contributed by atoms with van der Waals surface area (Å²) < 4.78 is 0. The zero-order valence-electron chi connectivity index (χ0n) is 31.0. The minimum Gasteiger partial charge on any atom is -0.342 e. The van der Waals surface area contributed by atoms with Crippen LogP contribution in [0.3, 0.4) is 0 Å². The fraction of sp³-hybridized carbons (Fsp3) is 0.375. The Hall–Kier alpha value is -5.89. The zero-order chi connectivity index (χ0) is 37.6. The molecule has 0 spiro atoms. The van der Waals surface area contributed by atoms with Crippen molar-refractivity contribution in [2.24, 2.45) is 10.9 Å². The number of aliphatic imine (C=N–C) groups is 1. The van der Waals surface area contributed by atoms with Crippen LogP contribution in [0.5, 0.6) is 0 Å². The van der Waals surface area contributed by atoms with E-state index in [0.29, 0.717) is 19.0 Å². The van der Waals surface area contributed by atoms with Crippen LogP contribution in [0.1, 0.15) is 70.2 Å². The second-order valence-corrected chi connectivity index (χ2v) is 14.0. The van der Waals surface area contributed by atoms with E-state index < -0.39 is 12.1 Å². The second-order valence-electron chi connectivity index (χ2n) is 14.0. The molecular weight excluding hydrogens is 685 g/mol. The van der Waals surface area contributed by atoms with Crippen molar-refractivity contribution in [1.29, 1.82) is 0 Å². The Labute approximate surface area is 314 Å². The first-order valence-electron chi connectivity index (χ1n) is 18.5. The minimum atomic E-state index is -0.587. The first kappa shape index (κ1) is 36.5. The fourth-order valence-corrected chi connectivity index (χ4v) is 7.29. The molecule has 5 aromatic rings. The molecule has 2 fully saturated rings. The molecule has 0 saturated carbocycles. The summed E-state index contributed by atoms with van der Waals surface area (Å²) in [6.45, 7) is 7.13. The summed E-state index contributed by atoms with van der Waals surface area (Å²) in [5.74, 6) is 2.00. The van der Waals surface area contributed by atoms with Crippen LogP contribution in [0, 0.1) is 5.92 Å². The molecule has 54 heavy (non-hydrogen) atoms. The summed E-state index contributed by atoms with van der Waals surface area (Å²) in [5.41, 5.74) is 6.00. The lowest BCUT2D eigenvalue weighted by molar-refractivity contribution is -0.188.